The van der Waals surface area contributed by atoms with E-state index in [9.17, 15) is 4.79 Å². The third-order valence-electron chi connectivity index (χ3n) is 2.25. The molecule has 3 nitrogen and oxygen atoms in total. The molecular formula is C9H21NO2Si. The van der Waals surface area contributed by atoms with Crippen molar-refractivity contribution < 1.29 is 9.22 Å². The Morgan fingerprint density at radius 1 is 1.38 bits per heavy atom. The molecule has 4 heteroatoms. The van der Waals surface area contributed by atoms with Gasteiger partial charge in [0.15, 0.2) is 0 Å². The van der Waals surface area contributed by atoms with Gasteiger partial charge < -0.3 is 9.33 Å². The number of hydrogen-bond donors (Lipinski definition) is 0. The Morgan fingerprint density at radius 2 is 1.85 bits per heavy atom. The summed E-state index contributed by atoms with van der Waals surface area (Å²) in [6.45, 7) is 10.8. The summed E-state index contributed by atoms with van der Waals surface area (Å²) in [5.41, 5.74) is -0.367. The molecule has 0 bridgehead atoms. The zero-order valence-corrected chi connectivity index (χ0v) is 11.4. The maximum atomic E-state index is 11.4. The van der Waals surface area contributed by atoms with Crippen molar-refractivity contribution in [1.82, 2.24) is 4.90 Å². The second-order valence-corrected chi connectivity index (χ2v) is 4.25. The van der Waals surface area contributed by atoms with E-state index in [4.69, 9.17) is 4.43 Å². The molecule has 0 atom stereocenters. The van der Waals surface area contributed by atoms with E-state index >= 15 is 0 Å². The molecule has 0 fully saturated rings. The highest BCUT2D eigenvalue weighted by Gasteiger charge is 2.29. The molecule has 78 valence electrons. The van der Waals surface area contributed by atoms with Gasteiger partial charge in [-0.25, -0.2) is 0 Å². The molecule has 0 spiro atoms. The number of hydrogen-bond acceptors (Lipinski definition) is 3. The van der Waals surface area contributed by atoms with Crippen LogP contribution in [0.3, 0.4) is 0 Å². The van der Waals surface area contributed by atoms with Gasteiger partial charge in [-0.2, -0.15) is 0 Å². The summed E-state index contributed by atoms with van der Waals surface area (Å²) >= 11 is 0. The van der Waals surface area contributed by atoms with Crippen LogP contribution in [-0.2, 0) is 9.22 Å². The lowest BCUT2D eigenvalue weighted by molar-refractivity contribution is -0.144. The van der Waals surface area contributed by atoms with Crippen molar-refractivity contribution in [3.63, 3.8) is 0 Å². The van der Waals surface area contributed by atoms with Gasteiger partial charge in [-0.05, 0) is 26.9 Å². The van der Waals surface area contributed by atoms with E-state index in [0.717, 1.165) is 19.6 Å². The number of nitrogens with zero attached hydrogens (tertiary/aromatic N) is 1. The largest absolute Gasteiger partial charge is 0.528 e. The van der Waals surface area contributed by atoms with Gasteiger partial charge in [0.2, 0.25) is 10.5 Å². The summed E-state index contributed by atoms with van der Waals surface area (Å²) in [4.78, 5) is 13.6. The molecule has 0 aliphatic rings. The van der Waals surface area contributed by atoms with Crippen molar-refractivity contribution >= 4 is 16.5 Å². The van der Waals surface area contributed by atoms with E-state index in [1.165, 1.54) is 0 Å². The summed E-state index contributed by atoms with van der Waals surface area (Å²) in [6, 6.07) is 0. The van der Waals surface area contributed by atoms with Crippen LogP contribution in [0, 0.1) is 5.41 Å². The van der Waals surface area contributed by atoms with Gasteiger partial charge in [0.05, 0.1) is 5.41 Å². The van der Waals surface area contributed by atoms with E-state index in [-0.39, 0.29) is 11.4 Å². The van der Waals surface area contributed by atoms with Gasteiger partial charge in [-0.15, -0.1) is 0 Å². The molecule has 0 amide bonds. The zero-order chi connectivity index (χ0) is 10.5. The first-order valence-corrected chi connectivity index (χ1v) is 5.60. The van der Waals surface area contributed by atoms with E-state index in [1.54, 1.807) is 0 Å². The smallest absolute Gasteiger partial charge is 0.298 e. The van der Waals surface area contributed by atoms with Crippen LogP contribution in [0.2, 0.25) is 0 Å². The molecular weight excluding hydrogens is 182 g/mol. The van der Waals surface area contributed by atoms with Crippen LogP contribution in [0.15, 0.2) is 0 Å². The Bertz CT molecular complexity index is 167. The molecule has 0 radical (unpaired) electrons. The van der Waals surface area contributed by atoms with Gasteiger partial charge >= 0.3 is 0 Å². The molecule has 0 saturated carbocycles. The van der Waals surface area contributed by atoms with Crippen LogP contribution in [0.5, 0.6) is 0 Å². The number of rotatable bonds is 5. The lowest BCUT2D eigenvalue weighted by Crippen LogP contribution is -2.39. The maximum absolute atomic E-state index is 11.4. The standard InChI is InChI=1S/C9H21NO2Si/c1-5-10(6-2)7-9(3,4)8(11)12-13/h5-7H2,1-4,13H3. The molecule has 0 N–H and O–H groups in total. The average molecular weight is 203 g/mol. The Kier molecular flexibility index (Phi) is 5.25. The first-order valence-electron chi connectivity index (χ1n) is 4.78. The van der Waals surface area contributed by atoms with E-state index in [2.05, 4.69) is 18.7 Å². The van der Waals surface area contributed by atoms with E-state index in [1.807, 2.05) is 13.8 Å². The highest BCUT2D eigenvalue weighted by molar-refractivity contribution is 6.06. The topological polar surface area (TPSA) is 29.5 Å². The number of carbonyl (C=O) groups is 1. The average Bonchev–Trinajstić information content (AvgIpc) is 2.12. The van der Waals surface area contributed by atoms with Crippen molar-refractivity contribution in [3.8, 4) is 0 Å². The van der Waals surface area contributed by atoms with Crippen LogP contribution in [-0.4, -0.2) is 41.0 Å². The molecule has 0 aliphatic carbocycles. The lowest BCUT2D eigenvalue weighted by atomic mass is 9.93. The van der Waals surface area contributed by atoms with Crippen LogP contribution in [0.25, 0.3) is 0 Å². The second-order valence-electron chi connectivity index (χ2n) is 3.84. The number of carbonyl (C=O) groups excluding carboxylic acids is 1. The maximum Gasteiger partial charge on any atom is 0.298 e. The Hall–Kier alpha value is -0.353. The predicted molar refractivity (Wildman–Crippen MR) is 57.6 cm³/mol. The van der Waals surface area contributed by atoms with Crippen molar-refractivity contribution in [2.75, 3.05) is 19.6 Å². The molecule has 0 aromatic heterocycles. The fourth-order valence-electron chi connectivity index (χ4n) is 1.35. The minimum Gasteiger partial charge on any atom is -0.528 e. The van der Waals surface area contributed by atoms with E-state index in [0.29, 0.717) is 10.5 Å². The van der Waals surface area contributed by atoms with Crippen LogP contribution in [0.4, 0.5) is 0 Å². The first-order chi connectivity index (χ1) is 5.97. The molecule has 0 aromatic carbocycles. The van der Waals surface area contributed by atoms with Crippen molar-refractivity contribution in [1.29, 1.82) is 0 Å². The summed E-state index contributed by atoms with van der Waals surface area (Å²) < 4.78 is 4.88. The molecule has 0 heterocycles. The van der Waals surface area contributed by atoms with Crippen molar-refractivity contribution in [2.45, 2.75) is 27.7 Å². The third-order valence-corrected chi connectivity index (χ3v) is 2.62. The second kappa shape index (κ2) is 5.39. The summed E-state index contributed by atoms with van der Waals surface area (Å²) in [5.74, 6) is -0.0777. The summed E-state index contributed by atoms with van der Waals surface area (Å²) in [5, 5.41) is 0. The SMILES string of the molecule is CCN(CC)CC(C)(C)C(=O)O[SiH3]. The molecule has 0 rings (SSSR count). The highest BCUT2D eigenvalue weighted by Crippen LogP contribution is 2.18. The van der Waals surface area contributed by atoms with Gasteiger partial charge in [0.25, 0.3) is 5.97 Å². The summed E-state index contributed by atoms with van der Waals surface area (Å²) in [7, 11) is 0.489. The molecule has 0 saturated heterocycles. The minimum absolute atomic E-state index is 0.0777. The monoisotopic (exact) mass is 203 g/mol. The predicted octanol–water partition coefficient (Wildman–Crippen LogP) is 0.178. The first kappa shape index (κ1) is 12.6. The van der Waals surface area contributed by atoms with Crippen LogP contribution >= 0.6 is 0 Å². The van der Waals surface area contributed by atoms with Gasteiger partial charge in [0, 0.05) is 6.54 Å². The quantitative estimate of drug-likeness (QED) is 0.597. The third kappa shape index (κ3) is 3.91. The lowest BCUT2D eigenvalue weighted by Gasteiger charge is -2.29. The Labute approximate surface area is 84.0 Å². The minimum atomic E-state index is -0.367. The molecule has 0 aromatic rings. The Morgan fingerprint density at radius 3 is 2.15 bits per heavy atom. The van der Waals surface area contributed by atoms with Gasteiger partial charge in [-0.1, -0.05) is 13.8 Å². The van der Waals surface area contributed by atoms with Crippen LogP contribution < -0.4 is 0 Å². The molecule has 13 heavy (non-hydrogen) atoms. The fourth-order valence-corrected chi connectivity index (χ4v) is 1.90. The van der Waals surface area contributed by atoms with Crippen LogP contribution in [0.1, 0.15) is 27.7 Å². The van der Waals surface area contributed by atoms with E-state index < -0.39 is 0 Å². The van der Waals surface area contributed by atoms with Gasteiger partial charge in [0.1, 0.15) is 0 Å². The molecule has 0 unspecified atom stereocenters. The Balaban J connectivity index is 4.21. The summed E-state index contributed by atoms with van der Waals surface area (Å²) in [6.07, 6.45) is 0. The zero-order valence-electron chi connectivity index (χ0n) is 9.39. The van der Waals surface area contributed by atoms with Crippen molar-refractivity contribution in [2.24, 2.45) is 5.41 Å². The van der Waals surface area contributed by atoms with Gasteiger partial charge in [-0.3, -0.25) is 4.79 Å². The fraction of sp³-hybridized carbons (Fsp3) is 0.889. The van der Waals surface area contributed by atoms with Crippen molar-refractivity contribution in [3.05, 3.63) is 0 Å². The highest BCUT2D eigenvalue weighted by atomic mass is 28.2. The normalized spacial score (nSPS) is 12.1. The molecule has 0 aliphatic heterocycles.